The molecule has 2 aliphatic rings. The molecule has 4 aromatic rings. The molecule has 0 bridgehead atoms. The summed E-state index contributed by atoms with van der Waals surface area (Å²) in [5.41, 5.74) is 4.15. The molecule has 9 nitrogen and oxygen atoms in total. The highest BCUT2D eigenvalue weighted by atomic mass is 35.5. The van der Waals surface area contributed by atoms with E-state index in [1.807, 2.05) is 12.3 Å². The van der Waals surface area contributed by atoms with Gasteiger partial charge in [0.05, 0.1) is 19.3 Å². The van der Waals surface area contributed by atoms with Crippen molar-refractivity contribution in [3.8, 4) is 5.88 Å². The zero-order valence-corrected chi connectivity index (χ0v) is 19.9. The third-order valence-electron chi connectivity index (χ3n) is 6.50. The zero-order valence-electron chi connectivity index (χ0n) is 19.1. The van der Waals surface area contributed by atoms with Crippen LogP contribution in [0.2, 0.25) is 5.15 Å². The van der Waals surface area contributed by atoms with Crippen molar-refractivity contribution in [1.29, 1.82) is 0 Å². The number of fused-ring (bicyclic) bond motifs is 1. The van der Waals surface area contributed by atoms with Crippen LogP contribution in [0, 0.1) is 5.92 Å². The molecule has 0 saturated heterocycles. The van der Waals surface area contributed by atoms with Gasteiger partial charge in [-0.1, -0.05) is 17.7 Å². The maximum Gasteiger partial charge on any atom is 0.229 e. The van der Waals surface area contributed by atoms with Gasteiger partial charge in [-0.3, -0.25) is 4.79 Å². The summed E-state index contributed by atoms with van der Waals surface area (Å²) in [6.07, 6.45) is 8.92. The molecule has 2 aliphatic carbocycles. The second-order valence-electron chi connectivity index (χ2n) is 9.08. The van der Waals surface area contributed by atoms with Gasteiger partial charge in [0.25, 0.3) is 0 Å². The number of imidazole rings is 1. The fourth-order valence-electron chi connectivity index (χ4n) is 4.39. The Bertz CT molecular complexity index is 1420. The van der Waals surface area contributed by atoms with E-state index in [4.69, 9.17) is 16.3 Å². The number of hydrogen-bond acceptors (Lipinski definition) is 7. The summed E-state index contributed by atoms with van der Waals surface area (Å²) in [6.45, 7) is 0.514. The third-order valence-corrected chi connectivity index (χ3v) is 6.69. The summed E-state index contributed by atoms with van der Waals surface area (Å²) in [5, 5.41) is 6.52. The lowest BCUT2D eigenvalue weighted by molar-refractivity contribution is -0.117. The van der Waals surface area contributed by atoms with Gasteiger partial charge in [0.1, 0.15) is 28.8 Å². The smallest absolute Gasteiger partial charge is 0.229 e. The molecule has 0 aromatic carbocycles. The lowest BCUT2D eigenvalue weighted by Crippen LogP contribution is -2.16. The fraction of sp³-hybridized carbons (Fsp3) is 0.320. The van der Waals surface area contributed by atoms with Crippen LogP contribution in [0.4, 0.5) is 11.6 Å². The Morgan fingerprint density at radius 1 is 1.11 bits per heavy atom. The molecule has 4 heterocycles. The average Bonchev–Trinajstić information content (AvgIpc) is 3.78. The normalized spacial score (nSPS) is 18.9. The summed E-state index contributed by atoms with van der Waals surface area (Å²) in [5.74, 6) is 2.06. The summed E-state index contributed by atoms with van der Waals surface area (Å²) >= 11 is 6.07. The molecule has 2 unspecified atom stereocenters. The maximum absolute atomic E-state index is 12.8. The number of ether oxygens (including phenoxy) is 1. The van der Waals surface area contributed by atoms with Crippen molar-refractivity contribution in [3.05, 3.63) is 71.0 Å². The molecule has 0 radical (unpaired) electrons. The van der Waals surface area contributed by atoms with Gasteiger partial charge in [0, 0.05) is 30.4 Å². The molecule has 0 aliphatic heterocycles. The van der Waals surface area contributed by atoms with Crippen LogP contribution < -0.4 is 15.4 Å². The van der Waals surface area contributed by atoms with Gasteiger partial charge in [-0.15, -0.1) is 0 Å². The van der Waals surface area contributed by atoms with E-state index in [1.165, 1.54) is 24.7 Å². The van der Waals surface area contributed by atoms with Crippen molar-refractivity contribution in [2.24, 2.45) is 5.92 Å². The molecule has 2 saturated carbocycles. The zero-order chi connectivity index (χ0) is 23.9. The Hall–Kier alpha value is -3.72. The van der Waals surface area contributed by atoms with E-state index in [9.17, 15) is 4.79 Å². The van der Waals surface area contributed by atoms with Gasteiger partial charge in [-0.05, 0) is 54.4 Å². The van der Waals surface area contributed by atoms with Crippen molar-refractivity contribution in [2.75, 3.05) is 17.7 Å². The lowest BCUT2D eigenvalue weighted by atomic mass is 10.1. The first-order valence-corrected chi connectivity index (χ1v) is 12.0. The number of nitrogens with zero attached hydrogens (tertiary/aromatic N) is 5. The van der Waals surface area contributed by atoms with E-state index < -0.39 is 0 Å². The van der Waals surface area contributed by atoms with Crippen LogP contribution in [0.25, 0.3) is 5.65 Å². The summed E-state index contributed by atoms with van der Waals surface area (Å²) < 4.78 is 7.26. The number of rotatable bonds is 8. The standard InChI is InChI=1S/C25H24ClN7O2/c1-35-24-7-16(6-20(26)31-24)18-8-19(18)25(34)32-22-9-21(28-13-29-22)27-10-17-12-33-11-15(14-2-3-14)4-5-23(33)30-17/h4-7,9,11-14,18-19H,2-3,8,10H2,1H3,(H2,27,28,29,32,34). The predicted molar refractivity (Wildman–Crippen MR) is 132 cm³/mol. The summed E-state index contributed by atoms with van der Waals surface area (Å²) in [4.78, 5) is 30.0. The van der Waals surface area contributed by atoms with Crippen LogP contribution in [0.5, 0.6) is 5.88 Å². The number of anilines is 2. The minimum Gasteiger partial charge on any atom is -0.481 e. The van der Waals surface area contributed by atoms with Crippen LogP contribution in [0.3, 0.4) is 0 Å². The van der Waals surface area contributed by atoms with Gasteiger partial charge >= 0.3 is 0 Å². The van der Waals surface area contributed by atoms with Crippen molar-refractivity contribution in [1.82, 2.24) is 24.3 Å². The number of carbonyl (C=O) groups excluding carboxylic acids is 1. The number of pyridine rings is 2. The first-order valence-electron chi connectivity index (χ1n) is 11.6. The number of carbonyl (C=O) groups is 1. The Balaban J connectivity index is 1.07. The fourth-order valence-corrected chi connectivity index (χ4v) is 4.60. The van der Waals surface area contributed by atoms with Gasteiger partial charge < -0.3 is 19.8 Å². The molecule has 6 rings (SSSR count). The second kappa shape index (κ2) is 8.81. The highest BCUT2D eigenvalue weighted by Gasteiger charge is 2.44. The van der Waals surface area contributed by atoms with E-state index in [2.05, 4.69) is 53.3 Å². The molecule has 4 aromatic heterocycles. The highest BCUT2D eigenvalue weighted by Crippen LogP contribution is 2.49. The third kappa shape index (κ3) is 4.77. The van der Waals surface area contributed by atoms with Crippen LogP contribution in [0.1, 0.15) is 47.9 Å². The Kier molecular flexibility index (Phi) is 5.49. The van der Waals surface area contributed by atoms with Crippen molar-refractivity contribution in [2.45, 2.75) is 37.6 Å². The summed E-state index contributed by atoms with van der Waals surface area (Å²) in [6, 6.07) is 9.56. The molecular formula is C25H24ClN7O2. The van der Waals surface area contributed by atoms with E-state index >= 15 is 0 Å². The quantitative estimate of drug-likeness (QED) is 0.353. The van der Waals surface area contributed by atoms with Crippen LogP contribution in [-0.2, 0) is 11.3 Å². The average molecular weight is 490 g/mol. The second-order valence-corrected chi connectivity index (χ2v) is 9.47. The Labute approximate surface area is 206 Å². The number of halogens is 1. The van der Waals surface area contributed by atoms with Gasteiger partial charge in [0.2, 0.25) is 11.8 Å². The Morgan fingerprint density at radius 3 is 2.80 bits per heavy atom. The first-order chi connectivity index (χ1) is 17.1. The van der Waals surface area contributed by atoms with E-state index in [1.54, 1.807) is 19.2 Å². The highest BCUT2D eigenvalue weighted by molar-refractivity contribution is 6.29. The minimum absolute atomic E-state index is 0.0827. The molecule has 2 fully saturated rings. The van der Waals surface area contributed by atoms with Crippen molar-refractivity contribution < 1.29 is 9.53 Å². The summed E-state index contributed by atoms with van der Waals surface area (Å²) in [7, 11) is 1.54. The van der Waals surface area contributed by atoms with Gasteiger partial charge in [-0.2, -0.15) is 0 Å². The monoisotopic (exact) mass is 489 g/mol. The SMILES string of the molecule is COc1cc(C2CC2C(=O)Nc2cc(NCc3cn4cc(C5CC5)ccc4n3)ncn2)cc(Cl)n1. The van der Waals surface area contributed by atoms with E-state index in [0.717, 1.165) is 23.3 Å². The number of nitrogens with one attached hydrogen (secondary N) is 2. The lowest BCUT2D eigenvalue weighted by Gasteiger charge is -2.08. The van der Waals surface area contributed by atoms with E-state index in [-0.39, 0.29) is 17.7 Å². The maximum atomic E-state index is 12.8. The van der Waals surface area contributed by atoms with Gasteiger partial charge in [-0.25, -0.2) is 19.9 Å². The molecule has 1 amide bonds. The first kappa shape index (κ1) is 21.8. The number of amides is 1. The molecule has 35 heavy (non-hydrogen) atoms. The number of aromatic nitrogens is 5. The van der Waals surface area contributed by atoms with Crippen LogP contribution in [0.15, 0.2) is 49.1 Å². The van der Waals surface area contributed by atoms with Crippen LogP contribution in [-0.4, -0.2) is 37.4 Å². The van der Waals surface area contributed by atoms with Gasteiger partial charge in [0.15, 0.2) is 0 Å². The molecule has 178 valence electrons. The molecule has 10 heteroatoms. The molecular weight excluding hydrogens is 466 g/mol. The van der Waals surface area contributed by atoms with Crippen LogP contribution >= 0.6 is 11.6 Å². The van der Waals surface area contributed by atoms with Crippen molar-refractivity contribution >= 4 is 34.8 Å². The number of methoxy groups -OCH3 is 1. The minimum atomic E-state index is -0.150. The molecule has 2 atom stereocenters. The predicted octanol–water partition coefficient (Wildman–Crippen LogP) is 4.41. The number of hydrogen-bond donors (Lipinski definition) is 2. The molecule has 2 N–H and O–H groups in total. The van der Waals surface area contributed by atoms with Crippen molar-refractivity contribution in [3.63, 3.8) is 0 Å². The largest absolute Gasteiger partial charge is 0.481 e. The topological polar surface area (TPSA) is 106 Å². The molecule has 0 spiro atoms. The van der Waals surface area contributed by atoms with E-state index in [0.29, 0.717) is 35.1 Å². The Morgan fingerprint density at radius 2 is 1.97 bits per heavy atom.